The van der Waals surface area contributed by atoms with Crippen LogP contribution < -0.4 is 19.6 Å². The first-order chi connectivity index (χ1) is 10.3. The van der Waals surface area contributed by atoms with Crippen molar-refractivity contribution < 1.29 is 14.2 Å². The van der Waals surface area contributed by atoms with E-state index in [4.69, 9.17) is 14.2 Å². The normalized spacial score (nSPS) is 10.6. The van der Waals surface area contributed by atoms with E-state index in [2.05, 4.69) is 15.5 Å². The Morgan fingerprint density at radius 1 is 1.29 bits per heavy atom. The molecule has 0 spiro atoms. The fraction of sp³-hybridized carbons (Fsp3) is 0.286. The summed E-state index contributed by atoms with van der Waals surface area (Å²) in [6.07, 6.45) is 3.38. The molecule has 1 heterocycles. The third kappa shape index (κ3) is 3.85. The zero-order valence-electron chi connectivity index (χ0n) is 12.1. The van der Waals surface area contributed by atoms with Crippen LogP contribution in [-0.4, -0.2) is 32.0 Å². The lowest BCUT2D eigenvalue weighted by atomic mass is 10.2. The maximum atomic E-state index is 5.55. The van der Waals surface area contributed by atoms with E-state index in [1.165, 1.54) is 11.3 Å². The highest BCUT2D eigenvalue weighted by Gasteiger charge is 2.13. The monoisotopic (exact) mass is 307 g/mol. The van der Waals surface area contributed by atoms with Crippen molar-refractivity contribution in [2.45, 2.75) is 6.92 Å². The van der Waals surface area contributed by atoms with Crippen molar-refractivity contribution in [2.75, 3.05) is 26.3 Å². The molecule has 6 nitrogen and oxygen atoms in total. The molecule has 21 heavy (non-hydrogen) atoms. The molecule has 0 bridgehead atoms. The zero-order chi connectivity index (χ0) is 15.1. The summed E-state index contributed by atoms with van der Waals surface area (Å²) in [5.41, 5.74) is 3.68. The summed E-state index contributed by atoms with van der Waals surface area (Å²) in [5.74, 6) is 1.80. The molecule has 2 aromatic rings. The lowest BCUT2D eigenvalue weighted by molar-refractivity contribution is 0.288. The van der Waals surface area contributed by atoms with Crippen LogP contribution in [0.25, 0.3) is 0 Å². The molecular formula is C14H17N3O3S. The standard InChI is InChI=1S/C14H17N3O3S/c1-4-20-13-11(18-2)7-10(8-12(13)19-3)9-16-17-14-15-5-6-21-14/h5-9H,4H2,1-3H3,(H,15,17)/b16-9+. The number of ether oxygens (including phenoxy) is 3. The summed E-state index contributed by atoms with van der Waals surface area (Å²) in [7, 11) is 3.18. The molecule has 7 heteroatoms. The first-order valence-corrected chi connectivity index (χ1v) is 7.23. The number of methoxy groups -OCH3 is 2. The van der Waals surface area contributed by atoms with Gasteiger partial charge in [0.1, 0.15) is 0 Å². The number of hydrogen-bond acceptors (Lipinski definition) is 7. The Hall–Kier alpha value is -2.28. The number of hydrazone groups is 1. The van der Waals surface area contributed by atoms with Crippen molar-refractivity contribution in [1.82, 2.24) is 4.98 Å². The number of aromatic nitrogens is 1. The number of nitrogens with zero attached hydrogens (tertiary/aromatic N) is 2. The van der Waals surface area contributed by atoms with Crippen LogP contribution in [0, 0.1) is 0 Å². The number of rotatable bonds is 7. The third-order valence-electron chi connectivity index (χ3n) is 2.58. The first kappa shape index (κ1) is 15.1. The Balaban J connectivity index is 2.21. The Morgan fingerprint density at radius 3 is 2.52 bits per heavy atom. The van der Waals surface area contributed by atoms with Crippen LogP contribution in [0.4, 0.5) is 5.13 Å². The predicted octanol–water partition coefficient (Wildman–Crippen LogP) is 3.01. The van der Waals surface area contributed by atoms with Crippen LogP contribution in [0.15, 0.2) is 28.8 Å². The van der Waals surface area contributed by atoms with Crippen molar-refractivity contribution in [3.63, 3.8) is 0 Å². The predicted molar refractivity (Wildman–Crippen MR) is 84.0 cm³/mol. The van der Waals surface area contributed by atoms with Gasteiger partial charge in [0.15, 0.2) is 11.5 Å². The number of benzene rings is 1. The minimum atomic E-state index is 0.533. The van der Waals surface area contributed by atoms with Gasteiger partial charge in [-0.3, -0.25) is 5.43 Å². The second-order valence-electron chi connectivity index (χ2n) is 3.89. The highest BCUT2D eigenvalue weighted by Crippen LogP contribution is 2.38. The maximum absolute atomic E-state index is 5.55. The third-order valence-corrected chi connectivity index (χ3v) is 3.26. The lowest BCUT2D eigenvalue weighted by Crippen LogP contribution is -2.00. The second kappa shape index (κ2) is 7.49. The molecule has 0 saturated heterocycles. The van der Waals surface area contributed by atoms with Gasteiger partial charge in [-0.1, -0.05) is 0 Å². The van der Waals surface area contributed by atoms with E-state index in [0.717, 1.165) is 10.7 Å². The summed E-state index contributed by atoms with van der Waals surface area (Å²) >= 11 is 1.48. The molecule has 1 N–H and O–H groups in total. The van der Waals surface area contributed by atoms with Crippen molar-refractivity contribution >= 4 is 22.7 Å². The van der Waals surface area contributed by atoms with Crippen LogP contribution >= 0.6 is 11.3 Å². The van der Waals surface area contributed by atoms with Crippen LogP contribution in [0.3, 0.4) is 0 Å². The van der Waals surface area contributed by atoms with E-state index in [1.807, 2.05) is 24.4 Å². The Labute approximate surface area is 127 Å². The van der Waals surface area contributed by atoms with E-state index in [1.54, 1.807) is 26.6 Å². The first-order valence-electron chi connectivity index (χ1n) is 6.35. The molecule has 0 fully saturated rings. The summed E-state index contributed by atoms with van der Waals surface area (Å²) in [4.78, 5) is 4.08. The van der Waals surface area contributed by atoms with Crippen molar-refractivity contribution in [2.24, 2.45) is 5.10 Å². The van der Waals surface area contributed by atoms with Gasteiger partial charge < -0.3 is 14.2 Å². The summed E-state index contributed by atoms with van der Waals surface area (Å²) in [6, 6.07) is 3.67. The summed E-state index contributed by atoms with van der Waals surface area (Å²) < 4.78 is 16.2. The molecule has 2 rings (SSSR count). The molecule has 1 aromatic heterocycles. The van der Waals surface area contributed by atoms with Gasteiger partial charge in [0, 0.05) is 17.1 Å². The van der Waals surface area contributed by atoms with Gasteiger partial charge >= 0.3 is 0 Å². The lowest BCUT2D eigenvalue weighted by Gasteiger charge is -2.14. The molecule has 0 atom stereocenters. The Bertz CT molecular complexity index is 575. The molecule has 0 amide bonds. The fourth-order valence-electron chi connectivity index (χ4n) is 1.70. The average molecular weight is 307 g/mol. The number of nitrogens with one attached hydrogen (secondary N) is 1. The maximum Gasteiger partial charge on any atom is 0.203 e. The SMILES string of the molecule is CCOc1c(OC)cc(/C=N/Nc2nccs2)cc1OC. The Kier molecular flexibility index (Phi) is 5.39. The highest BCUT2D eigenvalue weighted by atomic mass is 32.1. The number of anilines is 1. The smallest absolute Gasteiger partial charge is 0.203 e. The molecule has 0 aliphatic heterocycles. The average Bonchev–Trinajstić information content (AvgIpc) is 3.01. The van der Waals surface area contributed by atoms with Crippen LogP contribution in [0.1, 0.15) is 12.5 Å². The highest BCUT2D eigenvalue weighted by molar-refractivity contribution is 7.13. The van der Waals surface area contributed by atoms with E-state index in [0.29, 0.717) is 23.9 Å². The topological polar surface area (TPSA) is 65.0 Å². The molecular weight excluding hydrogens is 290 g/mol. The van der Waals surface area contributed by atoms with Gasteiger partial charge in [0.05, 0.1) is 27.0 Å². The van der Waals surface area contributed by atoms with Gasteiger partial charge in [-0.15, -0.1) is 11.3 Å². The summed E-state index contributed by atoms with van der Waals surface area (Å²) in [5, 5.41) is 6.74. The molecule has 0 saturated carbocycles. The minimum absolute atomic E-state index is 0.533. The molecule has 0 unspecified atom stereocenters. The van der Waals surface area contributed by atoms with Gasteiger partial charge in [-0.05, 0) is 19.1 Å². The van der Waals surface area contributed by atoms with Crippen molar-refractivity contribution in [1.29, 1.82) is 0 Å². The quantitative estimate of drug-likeness (QED) is 0.629. The number of hydrogen-bond donors (Lipinski definition) is 1. The van der Waals surface area contributed by atoms with E-state index in [9.17, 15) is 0 Å². The van der Waals surface area contributed by atoms with E-state index < -0.39 is 0 Å². The fourth-order valence-corrected chi connectivity index (χ4v) is 2.18. The van der Waals surface area contributed by atoms with Gasteiger partial charge in [0.2, 0.25) is 10.9 Å². The molecule has 0 aliphatic carbocycles. The van der Waals surface area contributed by atoms with Gasteiger partial charge in [-0.25, -0.2) is 4.98 Å². The van der Waals surface area contributed by atoms with Gasteiger partial charge in [0.25, 0.3) is 0 Å². The molecule has 112 valence electrons. The van der Waals surface area contributed by atoms with Gasteiger partial charge in [-0.2, -0.15) is 5.10 Å². The van der Waals surface area contributed by atoms with Crippen LogP contribution in [0.5, 0.6) is 17.2 Å². The van der Waals surface area contributed by atoms with Crippen LogP contribution in [0.2, 0.25) is 0 Å². The van der Waals surface area contributed by atoms with Crippen molar-refractivity contribution in [3.05, 3.63) is 29.3 Å². The van der Waals surface area contributed by atoms with E-state index in [-0.39, 0.29) is 0 Å². The molecule has 0 aliphatic rings. The second-order valence-corrected chi connectivity index (χ2v) is 4.79. The van der Waals surface area contributed by atoms with E-state index >= 15 is 0 Å². The zero-order valence-corrected chi connectivity index (χ0v) is 12.9. The molecule has 0 radical (unpaired) electrons. The molecule has 1 aromatic carbocycles. The minimum Gasteiger partial charge on any atom is -0.493 e. The van der Waals surface area contributed by atoms with Crippen LogP contribution in [-0.2, 0) is 0 Å². The number of thiazole rings is 1. The largest absolute Gasteiger partial charge is 0.493 e. The Morgan fingerprint density at radius 2 is 2.00 bits per heavy atom. The summed E-state index contributed by atoms with van der Waals surface area (Å²) in [6.45, 7) is 2.44. The van der Waals surface area contributed by atoms with Crippen molar-refractivity contribution in [3.8, 4) is 17.2 Å².